The Morgan fingerprint density at radius 2 is 1.64 bits per heavy atom. The van der Waals surface area contributed by atoms with Gasteiger partial charge in [-0.05, 0) is 66.3 Å². The Hall–Kier alpha value is -2.80. The van der Waals surface area contributed by atoms with Gasteiger partial charge in [0.05, 0.1) is 16.5 Å². The fraction of sp³-hybridized carbons (Fsp3) is 0.250. The normalized spacial score (nSPS) is 11.5. The summed E-state index contributed by atoms with van der Waals surface area (Å²) in [6.45, 7) is 10.4. The average molecular weight is 540 g/mol. The van der Waals surface area contributed by atoms with Crippen LogP contribution in [0.5, 0.6) is 0 Å². The van der Waals surface area contributed by atoms with E-state index in [1.165, 1.54) is 17.3 Å². The van der Waals surface area contributed by atoms with Crippen molar-refractivity contribution in [2.24, 2.45) is 0 Å². The summed E-state index contributed by atoms with van der Waals surface area (Å²) in [4.78, 5) is 12.8. The molecule has 0 saturated carbocycles. The summed E-state index contributed by atoms with van der Waals surface area (Å²) in [7, 11) is 0. The monoisotopic (exact) mass is 538 g/mol. The second-order valence-corrected chi connectivity index (χ2v) is 11.5. The van der Waals surface area contributed by atoms with Crippen molar-refractivity contribution >= 4 is 46.6 Å². The molecule has 0 spiro atoms. The molecule has 0 atom stereocenters. The minimum absolute atomic E-state index is 0.0510. The van der Waals surface area contributed by atoms with E-state index in [0.29, 0.717) is 26.7 Å². The molecule has 1 N–H and O–H groups in total. The van der Waals surface area contributed by atoms with E-state index in [-0.39, 0.29) is 17.1 Å². The molecule has 1 amide bonds. The molecule has 1 aromatic heterocycles. The number of aryl methyl sites for hydroxylation is 2. The van der Waals surface area contributed by atoms with Gasteiger partial charge in [0.15, 0.2) is 11.0 Å². The lowest BCUT2D eigenvalue weighted by molar-refractivity contribution is -0.113. The minimum atomic E-state index is -0.171. The lowest BCUT2D eigenvalue weighted by Gasteiger charge is -2.19. The molecule has 0 aliphatic rings. The zero-order valence-electron chi connectivity index (χ0n) is 20.9. The van der Waals surface area contributed by atoms with E-state index in [2.05, 4.69) is 60.6 Å². The second-order valence-electron chi connectivity index (χ2n) is 9.72. The first-order valence-electron chi connectivity index (χ1n) is 11.5. The number of halogens is 2. The number of hydrogen-bond acceptors (Lipinski definition) is 4. The van der Waals surface area contributed by atoms with Crippen LogP contribution in [0.2, 0.25) is 10.0 Å². The maximum absolute atomic E-state index is 12.8. The van der Waals surface area contributed by atoms with E-state index in [9.17, 15) is 4.79 Å². The van der Waals surface area contributed by atoms with Crippen LogP contribution in [0.1, 0.15) is 37.5 Å². The summed E-state index contributed by atoms with van der Waals surface area (Å²) in [6, 6.07) is 19.7. The largest absolute Gasteiger partial charge is 0.324 e. The van der Waals surface area contributed by atoms with Gasteiger partial charge in [-0.25, -0.2) is 0 Å². The predicted octanol–water partition coefficient (Wildman–Crippen LogP) is 7.89. The fourth-order valence-electron chi connectivity index (χ4n) is 3.87. The number of rotatable bonds is 6. The Morgan fingerprint density at radius 3 is 2.25 bits per heavy atom. The number of anilines is 1. The number of benzene rings is 3. The highest BCUT2D eigenvalue weighted by atomic mass is 35.5. The number of thioether (sulfide) groups is 1. The van der Waals surface area contributed by atoms with E-state index in [1.54, 1.807) is 0 Å². The highest BCUT2D eigenvalue weighted by Gasteiger charge is 2.19. The third-order valence-electron chi connectivity index (χ3n) is 5.76. The number of nitrogens with one attached hydrogen (secondary N) is 1. The molecule has 0 radical (unpaired) electrons. The van der Waals surface area contributed by atoms with Gasteiger partial charge in [-0.2, -0.15) is 0 Å². The number of amides is 1. The molecule has 8 heteroatoms. The summed E-state index contributed by atoms with van der Waals surface area (Å²) in [6.07, 6.45) is 0. The summed E-state index contributed by atoms with van der Waals surface area (Å²) in [5.74, 6) is 0.673. The van der Waals surface area contributed by atoms with Crippen molar-refractivity contribution in [2.45, 2.75) is 45.2 Å². The van der Waals surface area contributed by atoms with Crippen molar-refractivity contribution in [1.29, 1.82) is 0 Å². The van der Waals surface area contributed by atoms with E-state index >= 15 is 0 Å². The third kappa shape index (κ3) is 5.94. The van der Waals surface area contributed by atoms with Crippen LogP contribution in [0.4, 0.5) is 5.69 Å². The number of carbonyl (C=O) groups excluding carboxylic acids is 1. The van der Waals surface area contributed by atoms with Crippen molar-refractivity contribution in [3.8, 4) is 17.1 Å². The maximum atomic E-state index is 12.8. The van der Waals surface area contributed by atoms with Crippen LogP contribution in [-0.2, 0) is 10.2 Å². The first-order chi connectivity index (χ1) is 17.0. The number of hydrogen-bond donors (Lipinski definition) is 1. The van der Waals surface area contributed by atoms with Crippen molar-refractivity contribution in [1.82, 2.24) is 14.8 Å². The second kappa shape index (κ2) is 10.7. The molecule has 4 aromatic rings. The Morgan fingerprint density at radius 1 is 0.972 bits per heavy atom. The van der Waals surface area contributed by atoms with Crippen molar-refractivity contribution < 1.29 is 4.79 Å². The lowest BCUT2D eigenvalue weighted by Crippen LogP contribution is -2.16. The molecule has 0 fully saturated rings. The number of aromatic nitrogens is 3. The van der Waals surface area contributed by atoms with Crippen LogP contribution < -0.4 is 5.32 Å². The Kier molecular flexibility index (Phi) is 7.79. The molecule has 3 aromatic carbocycles. The van der Waals surface area contributed by atoms with Crippen LogP contribution in [0, 0.1) is 13.8 Å². The van der Waals surface area contributed by atoms with Crippen LogP contribution in [-0.4, -0.2) is 26.4 Å². The molecule has 0 aliphatic carbocycles. The Balaban J connectivity index is 1.62. The molecule has 1 heterocycles. The molecular weight excluding hydrogens is 511 g/mol. The Bertz CT molecular complexity index is 1370. The predicted molar refractivity (Wildman–Crippen MR) is 151 cm³/mol. The summed E-state index contributed by atoms with van der Waals surface area (Å²) >= 11 is 13.8. The highest BCUT2D eigenvalue weighted by molar-refractivity contribution is 7.99. The molecule has 186 valence electrons. The average Bonchev–Trinajstić information content (AvgIpc) is 3.24. The lowest BCUT2D eigenvalue weighted by atomic mass is 9.87. The van der Waals surface area contributed by atoms with E-state index in [0.717, 1.165) is 22.4 Å². The standard InChI is InChI=1S/C28H28Cl2N4OS/c1-17-14-18(2)25(23(30)15-17)31-24(35)16-36-27-33-32-26(34(27)22-12-10-21(29)11-13-22)19-6-8-20(9-7-19)28(3,4)5/h6-15H,16H2,1-5H3,(H,31,35). The maximum Gasteiger partial charge on any atom is 0.234 e. The van der Waals surface area contributed by atoms with Gasteiger partial charge in [-0.15, -0.1) is 10.2 Å². The van der Waals surface area contributed by atoms with Gasteiger partial charge < -0.3 is 5.32 Å². The van der Waals surface area contributed by atoms with Crippen molar-refractivity contribution in [2.75, 3.05) is 11.1 Å². The fourth-order valence-corrected chi connectivity index (χ4v) is 5.12. The minimum Gasteiger partial charge on any atom is -0.324 e. The first-order valence-corrected chi connectivity index (χ1v) is 13.3. The zero-order chi connectivity index (χ0) is 26.0. The summed E-state index contributed by atoms with van der Waals surface area (Å²) in [5.41, 5.74) is 5.68. The van der Waals surface area contributed by atoms with Gasteiger partial charge >= 0.3 is 0 Å². The van der Waals surface area contributed by atoms with Crippen LogP contribution in [0.3, 0.4) is 0 Å². The summed E-state index contributed by atoms with van der Waals surface area (Å²) in [5, 5.41) is 13.6. The van der Waals surface area contributed by atoms with Gasteiger partial charge in [-0.1, -0.05) is 86.1 Å². The molecule has 36 heavy (non-hydrogen) atoms. The van der Waals surface area contributed by atoms with E-state index in [4.69, 9.17) is 23.2 Å². The quantitative estimate of drug-likeness (QED) is 0.253. The van der Waals surface area contributed by atoms with Gasteiger partial charge in [0.2, 0.25) is 5.91 Å². The van der Waals surface area contributed by atoms with Gasteiger partial charge in [0, 0.05) is 16.3 Å². The van der Waals surface area contributed by atoms with Crippen molar-refractivity contribution in [3.63, 3.8) is 0 Å². The van der Waals surface area contributed by atoms with Gasteiger partial charge in [0.25, 0.3) is 0 Å². The zero-order valence-corrected chi connectivity index (χ0v) is 23.2. The molecule has 0 saturated heterocycles. The van der Waals surface area contributed by atoms with Crippen LogP contribution in [0.25, 0.3) is 17.1 Å². The molecule has 0 unspecified atom stereocenters. The molecular formula is C28H28Cl2N4OS. The van der Waals surface area contributed by atoms with Crippen LogP contribution in [0.15, 0.2) is 65.8 Å². The van der Waals surface area contributed by atoms with Gasteiger partial charge in [-0.3, -0.25) is 9.36 Å². The van der Waals surface area contributed by atoms with Gasteiger partial charge in [0.1, 0.15) is 0 Å². The number of carbonyl (C=O) groups is 1. The van der Waals surface area contributed by atoms with Crippen molar-refractivity contribution in [3.05, 3.63) is 87.4 Å². The number of nitrogens with zero attached hydrogens (tertiary/aromatic N) is 3. The highest BCUT2D eigenvalue weighted by Crippen LogP contribution is 2.31. The topological polar surface area (TPSA) is 59.8 Å². The molecule has 5 nitrogen and oxygen atoms in total. The molecule has 4 rings (SSSR count). The molecule has 0 aliphatic heterocycles. The van der Waals surface area contributed by atoms with E-state index < -0.39 is 0 Å². The summed E-state index contributed by atoms with van der Waals surface area (Å²) < 4.78 is 1.95. The smallest absolute Gasteiger partial charge is 0.234 e. The third-order valence-corrected chi connectivity index (χ3v) is 7.23. The van der Waals surface area contributed by atoms with Crippen LogP contribution >= 0.6 is 35.0 Å². The Labute approximate surface area is 226 Å². The SMILES string of the molecule is Cc1cc(C)c(NC(=O)CSc2nnc(-c3ccc(C(C)(C)C)cc3)n2-c2ccc(Cl)cc2)c(Cl)c1. The molecule has 0 bridgehead atoms. The first kappa shape index (κ1) is 26.3. The van der Waals surface area contributed by atoms with E-state index in [1.807, 2.05) is 54.8 Å².